The van der Waals surface area contributed by atoms with Crippen LogP contribution >= 0.6 is 0 Å². The second-order valence-corrected chi connectivity index (χ2v) is 5.11. The molecule has 0 amide bonds. The molecule has 0 aromatic rings. The summed E-state index contributed by atoms with van der Waals surface area (Å²) in [5.41, 5.74) is -0.403. The van der Waals surface area contributed by atoms with Gasteiger partial charge in [-0.2, -0.15) is 0 Å². The van der Waals surface area contributed by atoms with E-state index in [9.17, 15) is 5.11 Å². The largest absolute Gasteiger partial charge is 0.390 e. The van der Waals surface area contributed by atoms with Crippen molar-refractivity contribution in [2.45, 2.75) is 72.3 Å². The molecule has 2 atom stereocenters. The summed E-state index contributed by atoms with van der Waals surface area (Å²) < 4.78 is 0. The van der Waals surface area contributed by atoms with Gasteiger partial charge in [0.2, 0.25) is 0 Å². The molecule has 0 aromatic heterocycles. The molecule has 0 spiro atoms. The Balaban J connectivity index is 4.09. The van der Waals surface area contributed by atoms with E-state index in [0.29, 0.717) is 11.8 Å². The van der Waals surface area contributed by atoms with E-state index in [0.717, 1.165) is 25.7 Å². The minimum Gasteiger partial charge on any atom is -0.390 e. The quantitative estimate of drug-likeness (QED) is 0.658. The van der Waals surface area contributed by atoms with E-state index in [2.05, 4.69) is 34.6 Å². The molecule has 0 heterocycles. The SMILES string of the molecule is CCCCC(O)(CC)CC(C)C(C)C. The Bertz CT molecular complexity index is 142. The van der Waals surface area contributed by atoms with Crippen LogP contribution in [0.5, 0.6) is 0 Å². The summed E-state index contributed by atoms with van der Waals surface area (Å²) in [6.45, 7) is 11.0. The number of hydrogen-bond donors (Lipinski definition) is 1. The number of unbranched alkanes of at least 4 members (excludes halogenated alkanes) is 1. The minimum atomic E-state index is -0.403. The molecule has 0 saturated carbocycles. The Kier molecular flexibility index (Phi) is 6.43. The zero-order valence-corrected chi connectivity index (χ0v) is 10.6. The summed E-state index contributed by atoms with van der Waals surface area (Å²) in [5, 5.41) is 10.4. The van der Waals surface area contributed by atoms with Crippen LogP contribution in [0, 0.1) is 11.8 Å². The maximum Gasteiger partial charge on any atom is 0.0647 e. The summed E-state index contributed by atoms with van der Waals surface area (Å²) in [6, 6.07) is 0. The summed E-state index contributed by atoms with van der Waals surface area (Å²) in [7, 11) is 0. The van der Waals surface area contributed by atoms with Crippen LogP contribution in [0.3, 0.4) is 0 Å². The summed E-state index contributed by atoms with van der Waals surface area (Å²) in [4.78, 5) is 0. The molecule has 1 nitrogen and oxygen atoms in total. The number of rotatable bonds is 7. The fourth-order valence-electron chi connectivity index (χ4n) is 1.76. The molecule has 14 heavy (non-hydrogen) atoms. The number of aliphatic hydroxyl groups is 1. The van der Waals surface area contributed by atoms with Crippen LogP contribution < -0.4 is 0 Å². The van der Waals surface area contributed by atoms with Crippen molar-refractivity contribution in [1.82, 2.24) is 0 Å². The fraction of sp³-hybridized carbons (Fsp3) is 1.00. The van der Waals surface area contributed by atoms with Crippen molar-refractivity contribution in [3.8, 4) is 0 Å². The van der Waals surface area contributed by atoms with Gasteiger partial charge in [0.1, 0.15) is 0 Å². The minimum absolute atomic E-state index is 0.403. The van der Waals surface area contributed by atoms with Crippen molar-refractivity contribution < 1.29 is 5.11 Å². The molecule has 86 valence electrons. The summed E-state index contributed by atoms with van der Waals surface area (Å²) in [6.07, 6.45) is 5.15. The van der Waals surface area contributed by atoms with Gasteiger partial charge in [-0.05, 0) is 31.1 Å². The van der Waals surface area contributed by atoms with E-state index in [1.165, 1.54) is 6.42 Å². The van der Waals surface area contributed by atoms with Gasteiger partial charge >= 0.3 is 0 Å². The van der Waals surface area contributed by atoms with E-state index in [4.69, 9.17) is 0 Å². The Hall–Kier alpha value is -0.0400. The normalized spacial score (nSPS) is 18.2. The smallest absolute Gasteiger partial charge is 0.0647 e. The summed E-state index contributed by atoms with van der Waals surface area (Å²) in [5.74, 6) is 1.30. The predicted molar refractivity (Wildman–Crippen MR) is 63.4 cm³/mol. The first-order valence-electron chi connectivity index (χ1n) is 6.17. The van der Waals surface area contributed by atoms with Crippen molar-refractivity contribution in [2.24, 2.45) is 11.8 Å². The van der Waals surface area contributed by atoms with Crippen LogP contribution in [0.2, 0.25) is 0 Å². The van der Waals surface area contributed by atoms with E-state index in [1.54, 1.807) is 0 Å². The van der Waals surface area contributed by atoms with Crippen molar-refractivity contribution in [3.63, 3.8) is 0 Å². The van der Waals surface area contributed by atoms with Crippen LogP contribution in [0.4, 0.5) is 0 Å². The molecule has 0 aliphatic carbocycles. The average Bonchev–Trinajstić information content (AvgIpc) is 2.14. The first kappa shape index (κ1) is 14.0. The molecule has 1 heteroatoms. The van der Waals surface area contributed by atoms with Gasteiger partial charge in [-0.1, -0.05) is 47.5 Å². The van der Waals surface area contributed by atoms with Crippen LogP contribution in [0.15, 0.2) is 0 Å². The van der Waals surface area contributed by atoms with Gasteiger partial charge in [-0.3, -0.25) is 0 Å². The molecular weight excluding hydrogens is 172 g/mol. The standard InChI is InChI=1S/C13H28O/c1-6-8-9-13(14,7-2)10-12(5)11(3)4/h11-12,14H,6-10H2,1-5H3. The maximum absolute atomic E-state index is 10.4. The van der Waals surface area contributed by atoms with Gasteiger partial charge < -0.3 is 5.11 Å². The van der Waals surface area contributed by atoms with E-state index < -0.39 is 5.60 Å². The van der Waals surface area contributed by atoms with E-state index in [-0.39, 0.29) is 0 Å². The highest BCUT2D eigenvalue weighted by molar-refractivity contribution is 4.79. The maximum atomic E-state index is 10.4. The van der Waals surface area contributed by atoms with Crippen molar-refractivity contribution in [3.05, 3.63) is 0 Å². The molecule has 0 aromatic carbocycles. The lowest BCUT2D eigenvalue weighted by atomic mass is 9.81. The lowest BCUT2D eigenvalue weighted by Crippen LogP contribution is -2.31. The molecule has 0 saturated heterocycles. The molecule has 0 fully saturated rings. The molecular formula is C13H28O. The molecule has 0 aliphatic rings. The highest BCUT2D eigenvalue weighted by Crippen LogP contribution is 2.29. The second kappa shape index (κ2) is 6.44. The lowest BCUT2D eigenvalue weighted by molar-refractivity contribution is -0.00193. The zero-order chi connectivity index (χ0) is 11.2. The third-order valence-corrected chi connectivity index (χ3v) is 3.49. The first-order valence-corrected chi connectivity index (χ1v) is 6.17. The van der Waals surface area contributed by atoms with Crippen LogP contribution in [-0.4, -0.2) is 10.7 Å². The van der Waals surface area contributed by atoms with Crippen LogP contribution in [0.1, 0.15) is 66.7 Å². The molecule has 0 aliphatic heterocycles. The van der Waals surface area contributed by atoms with Crippen LogP contribution in [0.25, 0.3) is 0 Å². The summed E-state index contributed by atoms with van der Waals surface area (Å²) >= 11 is 0. The van der Waals surface area contributed by atoms with E-state index >= 15 is 0 Å². The van der Waals surface area contributed by atoms with Gasteiger partial charge in [-0.25, -0.2) is 0 Å². The van der Waals surface area contributed by atoms with Crippen molar-refractivity contribution in [1.29, 1.82) is 0 Å². The Labute approximate surface area is 89.9 Å². The van der Waals surface area contributed by atoms with Gasteiger partial charge in [0, 0.05) is 0 Å². The highest BCUT2D eigenvalue weighted by atomic mass is 16.3. The molecule has 0 radical (unpaired) electrons. The molecule has 0 rings (SSSR count). The predicted octanol–water partition coefficient (Wildman–Crippen LogP) is 4.00. The van der Waals surface area contributed by atoms with Crippen molar-refractivity contribution >= 4 is 0 Å². The topological polar surface area (TPSA) is 20.2 Å². The Morgan fingerprint density at radius 3 is 2.07 bits per heavy atom. The average molecular weight is 200 g/mol. The molecule has 0 bridgehead atoms. The zero-order valence-electron chi connectivity index (χ0n) is 10.6. The monoisotopic (exact) mass is 200 g/mol. The van der Waals surface area contributed by atoms with Crippen LogP contribution in [-0.2, 0) is 0 Å². The lowest BCUT2D eigenvalue weighted by Gasteiger charge is -2.31. The Morgan fingerprint density at radius 1 is 1.14 bits per heavy atom. The van der Waals surface area contributed by atoms with Gasteiger partial charge in [0.05, 0.1) is 5.60 Å². The van der Waals surface area contributed by atoms with Gasteiger partial charge in [0.25, 0.3) is 0 Å². The second-order valence-electron chi connectivity index (χ2n) is 5.11. The van der Waals surface area contributed by atoms with Crippen molar-refractivity contribution in [2.75, 3.05) is 0 Å². The fourth-order valence-corrected chi connectivity index (χ4v) is 1.76. The van der Waals surface area contributed by atoms with Gasteiger partial charge in [-0.15, -0.1) is 0 Å². The third kappa shape index (κ3) is 4.99. The number of hydrogen-bond acceptors (Lipinski definition) is 1. The molecule has 1 N–H and O–H groups in total. The third-order valence-electron chi connectivity index (χ3n) is 3.49. The van der Waals surface area contributed by atoms with E-state index in [1.807, 2.05) is 0 Å². The molecule has 2 unspecified atom stereocenters. The van der Waals surface area contributed by atoms with Gasteiger partial charge in [0.15, 0.2) is 0 Å². The Morgan fingerprint density at radius 2 is 1.71 bits per heavy atom. The highest BCUT2D eigenvalue weighted by Gasteiger charge is 2.27. The first-order chi connectivity index (χ1) is 6.45.